The average molecular weight is 275 g/mol. The van der Waals surface area contributed by atoms with E-state index in [1.165, 1.54) is 0 Å². The highest BCUT2D eigenvalue weighted by Gasteiger charge is 2.25. The van der Waals surface area contributed by atoms with Crippen LogP contribution in [-0.2, 0) is 9.84 Å². The van der Waals surface area contributed by atoms with Gasteiger partial charge in [-0.15, -0.1) is 10.2 Å². The lowest BCUT2D eigenvalue weighted by atomic mass is 10.4. The Hall–Kier alpha value is -1.02. The molecule has 2 rings (SSSR count). The van der Waals surface area contributed by atoms with Crippen LogP contribution in [0.25, 0.3) is 0 Å². The number of amides is 1. The Bertz CT molecular complexity index is 517. The molecular formula is C9H13N3O3S2. The average Bonchev–Trinajstić information content (AvgIpc) is 2.99. The topological polar surface area (TPSA) is 80.2 Å². The van der Waals surface area contributed by atoms with Gasteiger partial charge < -0.3 is 4.90 Å². The smallest absolute Gasteiger partial charge is 0.284 e. The van der Waals surface area contributed by atoms with Gasteiger partial charge in [0.1, 0.15) is 0 Å². The third-order valence-electron chi connectivity index (χ3n) is 2.63. The van der Waals surface area contributed by atoms with Crippen LogP contribution >= 0.6 is 11.3 Å². The van der Waals surface area contributed by atoms with Crippen molar-refractivity contribution in [1.82, 2.24) is 15.1 Å². The van der Waals surface area contributed by atoms with Crippen molar-refractivity contribution in [2.75, 3.05) is 18.8 Å². The van der Waals surface area contributed by atoms with Crippen molar-refractivity contribution in [2.45, 2.75) is 24.1 Å². The van der Waals surface area contributed by atoms with Crippen LogP contribution in [0.5, 0.6) is 0 Å². The maximum Gasteiger partial charge on any atom is 0.284 e. The third kappa shape index (κ3) is 2.47. The van der Waals surface area contributed by atoms with Crippen molar-refractivity contribution >= 4 is 27.1 Å². The van der Waals surface area contributed by atoms with Crippen LogP contribution in [0.15, 0.2) is 4.34 Å². The number of carbonyl (C=O) groups excluding carboxylic acids is 1. The first-order valence-corrected chi connectivity index (χ1v) is 7.87. The molecule has 1 aliphatic rings. The monoisotopic (exact) mass is 275 g/mol. The molecule has 0 atom stereocenters. The predicted octanol–water partition coefficient (Wildman–Crippen LogP) is 0.568. The first-order valence-electron chi connectivity index (χ1n) is 5.40. The van der Waals surface area contributed by atoms with Crippen molar-refractivity contribution < 1.29 is 13.2 Å². The molecule has 1 fully saturated rings. The first-order chi connectivity index (χ1) is 8.04. The summed E-state index contributed by atoms with van der Waals surface area (Å²) in [6.45, 7) is 2.97. The largest absolute Gasteiger partial charge is 0.337 e. The quantitative estimate of drug-likeness (QED) is 0.805. The molecule has 0 N–H and O–H groups in total. The van der Waals surface area contributed by atoms with Gasteiger partial charge in [-0.2, -0.15) is 0 Å². The van der Waals surface area contributed by atoms with Gasteiger partial charge in [0, 0.05) is 13.1 Å². The molecule has 2 heterocycles. The van der Waals surface area contributed by atoms with Crippen LogP contribution in [0.4, 0.5) is 0 Å². The summed E-state index contributed by atoms with van der Waals surface area (Å²) < 4.78 is 23.0. The third-order valence-corrected chi connectivity index (χ3v) is 5.72. The lowest BCUT2D eigenvalue weighted by molar-refractivity contribution is 0.0791. The summed E-state index contributed by atoms with van der Waals surface area (Å²) in [5.74, 6) is -0.239. The second kappa shape index (κ2) is 4.69. The lowest BCUT2D eigenvalue weighted by Crippen LogP contribution is -2.27. The maximum absolute atomic E-state index is 11.9. The van der Waals surface area contributed by atoms with Crippen LogP contribution in [0.3, 0.4) is 0 Å². The highest BCUT2D eigenvalue weighted by molar-refractivity contribution is 7.93. The summed E-state index contributed by atoms with van der Waals surface area (Å²) >= 11 is 0.858. The standard InChI is InChI=1S/C9H13N3O3S2/c1-2-17(14,15)9-11-10-7(16-9)8(13)12-5-3-4-6-12/h2-6H2,1H3. The van der Waals surface area contributed by atoms with E-state index in [4.69, 9.17) is 0 Å². The van der Waals surface area contributed by atoms with Crippen molar-refractivity contribution in [3.63, 3.8) is 0 Å². The highest BCUT2D eigenvalue weighted by Crippen LogP contribution is 2.20. The van der Waals surface area contributed by atoms with E-state index in [-0.39, 0.29) is 21.0 Å². The molecule has 6 nitrogen and oxygen atoms in total. The summed E-state index contributed by atoms with van der Waals surface area (Å²) in [5.41, 5.74) is 0. The number of aromatic nitrogens is 2. The molecule has 0 aromatic carbocycles. The minimum atomic E-state index is -3.36. The molecule has 1 saturated heterocycles. The Balaban J connectivity index is 2.21. The van der Waals surface area contributed by atoms with E-state index < -0.39 is 9.84 Å². The van der Waals surface area contributed by atoms with Crippen LogP contribution in [0.2, 0.25) is 0 Å². The van der Waals surface area contributed by atoms with E-state index in [0.717, 1.165) is 24.2 Å². The van der Waals surface area contributed by atoms with Crippen LogP contribution in [-0.4, -0.2) is 48.3 Å². The van der Waals surface area contributed by atoms with Gasteiger partial charge >= 0.3 is 0 Å². The zero-order valence-corrected chi connectivity index (χ0v) is 11.1. The summed E-state index contributed by atoms with van der Waals surface area (Å²) in [5, 5.41) is 7.42. The molecule has 17 heavy (non-hydrogen) atoms. The second-order valence-electron chi connectivity index (χ2n) is 3.78. The van der Waals surface area contributed by atoms with Crippen LogP contribution < -0.4 is 0 Å². The van der Waals surface area contributed by atoms with E-state index in [0.29, 0.717) is 13.1 Å². The van der Waals surface area contributed by atoms with Gasteiger partial charge in [0.15, 0.2) is 0 Å². The molecule has 94 valence electrons. The van der Waals surface area contributed by atoms with Crippen LogP contribution in [0.1, 0.15) is 29.6 Å². The van der Waals surface area contributed by atoms with E-state index in [1.54, 1.807) is 11.8 Å². The van der Waals surface area contributed by atoms with E-state index in [9.17, 15) is 13.2 Å². The molecular weight excluding hydrogens is 262 g/mol. The van der Waals surface area contributed by atoms with E-state index in [1.807, 2.05) is 0 Å². The van der Waals surface area contributed by atoms with Crippen molar-refractivity contribution in [1.29, 1.82) is 0 Å². The number of nitrogens with zero attached hydrogens (tertiary/aromatic N) is 3. The van der Waals surface area contributed by atoms with Crippen LogP contribution in [0, 0.1) is 0 Å². The predicted molar refractivity (Wildman–Crippen MR) is 62.8 cm³/mol. The van der Waals surface area contributed by atoms with Gasteiger partial charge in [-0.1, -0.05) is 18.3 Å². The van der Waals surface area contributed by atoms with E-state index in [2.05, 4.69) is 10.2 Å². The van der Waals surface area contributed by atoms with Crippen molar-refractivity contribution in [3.8, 4) is 0 Å². The SMILES string of the molecule is CCS(=O)(=O)c1nnc(C(=O)N2CCCC2)s1. The molecule has 0 unspecified atom stereocenters. The van der Waals surface area contributed by atoms with Gasteiger partial charge in [-0.25, -0.2) is 8.42 Å². The minimum Gasteiger partial charge on any atom is -0.337 e. The summed E-state index contributed by atoms with van der Waals surface area (Å²) in [4.78, 5) is 13.6. The first kappa shape index (κ1) is 12.4. The fourth-order valence-corrected chi connectivity index (χ4v) is 3.66. The molecule has 1 amide bonds. The molecule has 0 spiro atoms. The second-order valence-corrected chi connectivity index (χ2v) is 7.21. The Labute approximate surface area is 104 Å². The zero-order valence-electron chi connectivity index (χ0n) is 9.42. The minimum absolute atomic E-state index is 0.0282. The van der Waals surface area contributed by atoms with Gasteiger partial charge in [-0.3, -0.25) is 4.79 Å². The lowest BCUT2D eigenvalue weighted by Gasteiger charge is -2.11. The fourth-order valence-electron chi connectivity index (χ4n) is 1.60. The Morgan fingerprint density at radius 1 is 1.35 bits per heavy atom. The molecule has 1 aromatic heterocycles. The van der Waals surface area contributed by atoms with Gasteiger partial charge in [0.2, 0.25) is 19.2 Å². The summed E-state index contributed by atoms with van der Waals surface area (Å²) in [6, 6.07) is 0. The molecule has 0 saturated carbocycles. The molecule has 8 heteroatoms. The maximum atomic E-state index is 11.9. The summed E-state index contributed by atoms with van der Waals surface area (Å²) in [7, 11) is -3.36. The molecule has 0 radical (unpaired) electrons. The summed E-state index contributed by atoms with van der Waals surface area (Å²) in [6.07, 6.45) is 1.98. The van der Waals surface area contributed by atoms with E-state index >= 15 is 0 Å². The Morgan fingerprint density at radius 2 is 2.00 bits per heavy atom. The molecule has 1 aromatic rings. The molecule has 0 bridgehead atoms. The van der Waals surface area contributed by atoms with Crippen molar-refractivity contribution in [3.05, 3.63) is 5.01 Å². The van der Waals surface area contributed by atoms with Gasteiger partial charge in [-0.05, 0) is 12.8 Å². The number of hydrogen-bond acceptors (Lipinski definition) is 6. The number of likely N-dealkylation sites (tertiary alicyclic amines) is 1. The fraction of sp³-hybridized carbons (Fsp3) is 0.667. The molecule has 1 aliphatic heterocycles. The number of sulfone groups is 1. The van der Waals surface area contributed by atoms with Gasteiger partial charge in [0.05, 0.1) is 5.75 Å². The molecule has 0 aliphatic carbocycles. The highest BCUT2D eigenvalue weighted by atomic mass is 32.2. The van der Waals surface area contributed by atoms with Crippen molar-refractivity contribution in [2.24, 2.45) is 0 Å². The number of hydrogen-bond donors (Lipinski definition) is 0. The number of rotatable bonds is 3. The normalized spacial score (nSPS) is 16.4. The Morgan fingerprint density at radius 3 is 2.59 bits per heavy atom. The zero-order chi connectivity index (χ0) is 12.5. The van der Waals surface area contributed by atoms with Gasteiger partial charge in [0.25, 0.3) is 5.91 Å². The number of carbonyl (C=O) groups is 1. The Kier molecular flexibility index (Phi) is 3.43.